The maximum atomic E-state index is 10.7. The number of Topliss-reactive ketones (excluding diaryl/α,β-unsaturated/α-hetero) is 1. The number of thiophene rings is 2. The Labute approximate surface area is 148 Å². The van der Waals surface area contributed by atoms with Gasteiger partial charge in [-0.3, -0.25) is 14.4 Å². The Bertz CT molecular complexity index is 570. The van der Waals surface area contributed by atoms with Gasteiger partial charge in [0.25, 0.3) is 0 Å². The van der Waals surface area contributed by atoms with Crippen molar-refractivity contribution in [2.24, 2.45) is 0 Å². The minimum Gasteiger partial charge on any atom is -0.294 e. The number of hydroxylamine groups is 2. The van der Waals surface area contributed by atoms with Crippen molar-refractivity contribution in [3.8, 4) is 0 Å². The normalized spacial score (nSPS) is 9.00. The minimum atomic E-state index is -0.0949. The Kier molecular flexibility index (Phi) is 11.1. The van der Waals surface area contributed by atoms with E-state index in [1.807, 2.05) is 16.8 Å². The van der Waals surface area contributed by atoms with Crippen LogP contribution in [-0.4, -0.2) is 30.9 Å². The fraction of sp³-hybridized carbons (Fsp3) is 0.286. The second kappa shape index (κ2) is 11.6. The van der Waals surface area contributed by atoms with E-state index in [9.17, 15) is 9.59 Å². The van der Waals surface area contributed by atoms with Crippen LogP contribution in [0, 0.1) is 0 Å². The van der Waals surface area contributed by atoms with Crippen LogP contribution in [0.15, 0.2) is 28.3 Å². The number of amides is 1. The molecule has 0 aliphatic rings. The van der Waals surface area contributed by atoms with Gasteiger partial charge in [-0.2, -0.15) is 11.3 Å². The summed E-state index contributed by atoms with van der Waals surface area (Å²) in [6, 6.07) is 3.59. The van der Waals surface area contributed by atoms with Gasteiger partial charge in [-0.05, 0) is 22.9 Å². The molecule has 0 aliphatic heterocycles. The van der Waals surface area contributed by atoms with Crippen molar-refractivity contribution in [3.05, 3.63) is 43.2 Å². The van der Waals surface area contributed by atoms with Gasteiger partial charge in [0.2, 0.25) is 5.91 Å². The number of carbonyl (C=O) groups excluding carboxylic acids is 2. The van der Waals surface area contributed by atoms with Gasteiger partial charge in [0, 0.05) is 26.3 Å². The zero-order valence-corrected chi connectivity index (χ0v) is 15.8. The lowest BCUT2D eigenvalue weighted by Gasteiger charge is -2.08. The van der Waals surface area contributed by atoms with Crippen LogP contribution in [0.5, 0.6) is 0 Å². The summed E-state index contributed by atoms with van der Waals surface area (Å²) < 4.78 is 0. The predicted molar refractivity (Wildman–Crippen MR) is 94.1 cm³/mol. The van der Waals surface area contributed by atoms with Gasteiger partial charge in [-0.1, -0.05) is 23.2 Å². The smallest absolute Gasteiger partial charge is 0.242 e. The molecule has 0 atom stereocenters. The van der Waals surface area contributed by atoms with E-state index >= 15 is 0 Å². The third-order valence-corrected chi connectivity index (χ3v) is 4.63. The maximum absolute atomic E-state index is 10.7. The first-order valence-corrected chi connectivity index (χ1v) is 8.57. The number of ketones is 1. The standard InChI is InChI=1S/C6H5ClOS.C4H3ClS.C4H9NO2/c1-4(8)6-5(7)2-3-9-6;5-4-1-2-6-3-4;1-4(6)5(2)7-3/h2-3H,1H3;1-3H;1-3H3. The minimum absolute atomic E-state index is 0.0370. The van der Waals surface area contributed by atoms with Crippen LogP contribution < -0.4 is 0 Å². The van der Waals surface area contributed by atoms with Gasteiger partial charge in [-0.25, -0.2) is 5.06 Å². The number of rotatable bonds is 2. The number of carbonyl (C=O) groups is 2. The molecule has 0 bridgehead atoms. The van der Waals surface area contributed by atoms with Crippen LogP contribution in [0.3, 0.4) is 0 Å². The van der Waals surface area contributed by atoms with Gasteiger partial charge >= 0.3 is 0 Å². The second-order valence-electron chi connectivity index (χ2n) is 3.79. The molecule has 0 radical (unpaired) electrons. The molecule has 0 N–H and O–H groups in total. The van der Waals surface area contributed by atoms with Crippen LogP contribution in [0.1, 0.15) is 23.5 Å². The lowest BCUT2D eigenvalue weighted by molar-refractivity contribution is -0.165. The third kappa shape index (κ3) is 9.17. The van der Waals surface area contributed by atoms with E-state index in [4.69, 9.17) is 23.2 Å². The van der Waals surface area contributed by atoms with Crippen molar-refractivity contribution in [3.63, 3.8) is 0 Å². The highest BCUT2D eigenvalue weighted by molar-refractivity contribution is 7.12. The lowest BCUT2D eigenvalue weighted by Crippen LogP contribution is -2.21. The van der Waals surface area contributed by atoms with Gasteiger partial charge in [0.1, 0.15) is 0 Å². The zero-order valence-electron chi connectivity index (χ0n) is 12.6. The van der Waals surface area contributed by atoms with E-state index in [2.05, 4.69) is 4.84 Å². The Hall–Kier alpha value is -0.920. The molecule has 8 heteroatoms. The molecule has 0 aromatic carbocycles. The Morgan fingerprint density at radius 2 is 1.82 bits per heavy atom. The van der Waals surface area contributed by atoms with E-state index in [1.54, 1.807) is 29.8 Å². The summed E-state index contributed by atoms with van der Waals surface area (Å²) >= 11 is 14.1. The van der Waals surface area contributed by atoms with Crippen LogP contribution in [0.4, 0.5) is 0 Å². The molecule has 2 aromatic rings. The quantitative estimate of drug-likeness (QED) is 0.541. The Morgan fingerprint density at radius 3 is 1.95 bits per heavy atom. The summed E-state index contributed by atoms with van der Waals surface area (Å²) in [5.74, 6) is -0.0579. The molecule has 1 amide bonds. The van der Waals surface area contributed by atoms with Gasteiger partial charge in [-0.15, -0.1) is 11.3 Å². The molecular formula is C14H17Cl2NO3S2. The first kappa shape index (κ1) is 21.1. The molecule has 2 rings (SSSR count). The molecule has 0 fully saturated rings. The highest BCUT2D eigenvalue weighted by Gasteiger charge is 2.04. The largest absolute Gasteiger partial charge is 0.294 e. The Balaban J connectivity index is 0.000000308. The van der Waals surface area contributed by atoms with E-state index in [0.717, 1.165) is 10.1 Å². The van der Waals surface area contributed by atoms with E-state index < -0.39 is 0 Å². The number of halogens is 2. The number of hydrogen-bond donors (Lipinski definition) is 0. The van der Waals surface area contributed by atoms with Gasteiger partial charge in [0.05, 0.1) is 22.0 Å². The van der Waals surface area contributed by atoms with Crippen molar-refractivity contribution >= 4 is 57.6 Å². The summed E-state index contributed by atoms with van der Waals surface area (Å²) in [7, 11) is 3.00. The summed E-state index contributed by atoms with van der Waals surface area (Å²) in [5.41, 5.74) is 0. The average molecular weight is 382 g/mol. The van der Waals surface area contributed by atoms with E-state index in [-0.39, 0.29) is 11.7 Å². The van der Waals surface area contributed by atoms with Crippen molar-refractivity contribution in [2.75, 3.05) is 14.2 Å². The molecule has 2 aromatic heterocycles. The fourth-order valence-corrected chi connectivity index (χ4v) is 2.82. The molecule has 0 saturated carbocycles. The molecule has 0 unspecified atom stereocenters. The number of hydrogen-bond acceptors (Lipinski definition) is 5. The molecule has 0 aliphatic carbocycles. The highest BCUT2D eigenvalue weighted by Crippen LogP contribution is 2.21. The fourth-order valence-electron chi connectivity index (χ4n) is 0.921. The molecule has 2 heterocycles. The first-order chi connectivity index (χ1) is 10.3. The van der Waals surface area contributed by atoms with Gasteiger partial charge < -0.3 is 0 Å². The van der Waals surface area contributed by atoms with Gasteiger partial charge in [0.15, 0.2) is 5.78 Å². The second-order valence-corrected chi connectivity index (χ2v) is 6.33. The van der Waals surface area contributed by atoms with Crippen LogP contribution >= 0.6 is 45.9 Å². The number of nitrogens with zero attached hydrogens (tertiary/aromatic N) is 1. The average Bonchev–Trinajstić information content (AvgIpc) is 3.10. The van der Waals surface area contributed by atoms with Crippen molar-refractivity contribution in [1.29, 1.82) is 0 Å². The van der Waals surface area contributed by atoms with E-state index in [1.165, 1.54) is 32.3 Å². The van der Waals surface area contributed by atoms with Crippen LogP contribution in [0.25, 0.3) is 0 Å². The molecule has 122 valence electrons. The predicted octanol–water partition coefficient (Wildman–Crippen LogP) is 5.03. The molecule has 4 nitrogen and oxygen atoms in total. The van der Waals surface area contributed by atoms with Crippen molar-refractivity contribution < 1.29 is 14.4 Å². The molecule has 0 spiro atoms. The van der Waals surface area contributed by atoms with Crippen LogP contribution in [-0.2, 0) is 9.63 Å². The van der Waals surface area contributed by atoms with E-state index in [0.29, 0.717) is 9.90 Å². The first-order valence-electron chi connectivity index (χ1n) is 5.99. The summed E-state index contributed by atoms with van der Waals surface area (Å²) in [4.78, 5) is 26.0. The molecular weight excluding hydrogens is 365 g/mol. The molecule has 22 heavy (non-hydrogen) atoms. The van der Waals surface area contributed by atoms with Crippen molar-refractivity contribution in [1.82, 2.24) is 5.06 Å². The monoisotopic (exact) mass is 381 g/mol. The summed E-state index contributed by atoms with van der Waals surface area (Å²) in [5, 5.41) is 8.19. The maximum Gasteiger partial charge on any atom is 0.242 e. The summed E-state index contributed by atoms with van der Waals surface area (Å²) in [6.07, 6.45) is 0. The lowest BCUT2D eigenvalue weighted by atomic mass is 10.4. The van der Waals surface area contributed by atoms with Crippen LogP contribution in [0.2, 0.25) is 10.0 Å². The highest BCUT2D eigenvalue weighted by atomic mass is 35.5. The Morgan fingerprint density at radius 1 is 1.18 bits per heavy atom. The SMILES string of the molecule is CC(=O)c1sccc1Cl.CON(C)C(C)=O.Clc1ccsc1. The topological polar surface area (TPSA) is 46.6 Å². The third-order valence-electron chi connectivity index (χ3n) is 2.14. The molecule has 0 saturated heterocycles. The van der Waals surface area contributed by atoms with Crippen molar-refractivity contribution in [2.45, 2.75) is 13.8 Å². The zero-order chi connectivity index (χ0) is 17.1. The summed E-state index contributed by atoms with van der Waals surface area (Å²) in [6.45, 7) is 2.95.